The Labute approximate surface area is 117 Å². The second kappa shape index (κ2) is 6.64. The quantitative estimate of drug-likeness (QED) is 0.868. The van der Waals surface area contributed by atoms with Crippen molar-refractivity contribution in [2.45, 2.75) is 19.4 Å². The topological polar surface area (TPSA) is 81.8 Å². The third kappa shape index (κ3) is 3.11. The predicted molar refractivity (Wildman–Crippen MR) is 77.0 cm³/mol. The van der Waals surface area contributed by atoms with Gasteiger partial charge in [0.05, 0.1) is 18.2 Å². The van der Waals surface area contributed by atoms with Crippen LogP contribution in [0.2, 0.25) is 0 Å². The third-order valence-corrected chi connectivity index (χ3v) is 3.08. The molecule has 5 nitrogen and oxygen atoms in total. The maximum atomic E-state index is 9.24. The molecule has 2 aromatic heterocycles. The van der Waals surface area contributed by atoms with E-state index in [2.05, 4.69) is 21.4 Å². The summed E-state index contributed by atoms with van der Waals surface area (Å²) in [6.45, 7) is 1.97. The summed E-state index contributed by atoms with van der Waals surface area (Å²) in [7, 11) is 0. The Morgan fingerprint density at radius 2 is 2.10 bits per heavy atom. The first-order chi connectivity index (χ1) is 9.78. The van der Waals surface area contributed by atoms with Crippen LogP contribution in [0.1, 0.15) is 18.9 Å². The number of aromatic nitrogens is 2. The molecule has 0 fully saturated rings. The molecule has 0 spiro atoms. The highest BCUT2D eigenvalue weighted by atomic mass is 16.3. The number of aliphatic hydroxyl groups excluding tert-OH is 1. The van der Waals surface area contributed by atoms with Crippen molar-refractivity contribution in [3.63, 3.8) is 0 Å². The minimum atomic E-state index is -0.0959. The Hall–Kier alpha value is -2.45. The van der Waals surface area contributed by atoms with Crippen molar-refractivity contribution < 1.29 is 5.11 Å². The van der Waals surface area contributed by atoms with Gasteiger partial charge in [-0.2, -0.15) is 5.26 Å². The normalized spacial score (nSPS) is 11.7. The van der Waals surface area contributed by atoms with Gasteiger partial charge in [0.2, 0.25) is 0 Å². The van der Waals surface area contributed by atoms with E-state index < -0.39 is 0 Å². The molecule has 0 amide bonds. The number of pyridine rings is 2. The van der Waals surface area contributed by atoms with Gasteiger partial charge in [-0.1, -0.05) is 6.92 Å². The molecule has 0 aliphatic carbocycles. The van der Waals surface area contributed by atoms with Crippen LogP contribution in [0, 0.1) is 11.3 Å². The summed E-state index contributed by atoms with van der Waals surface area (Å²) in [6, 6.07) is 7.57. The third-order valence-electron chi connectivity index (χ3n) is 3.08. The van der Waals surface area contributed by atoms with Crippen molar-refractivity contribution in [2.24, 2.45) is 0 Å². The van der Waals surface area contributed by atoms with E-state index in [0.29, 0.717) is 11.4 Å². The monoisotopic (exact) mass is 268 g/mol. The number of hydrogen-bond acceptors (Lipinski definition) is 5. The number of nitrogens with zero attached hydrogens (tertiary/aromatic N) is 3. The van der Waals surface area contributed by atoms with E-state index in [1.807, 2.05) is 19.1 Å². The summed E-state index contributed by atoms with van der Waals surface area (Å²) in [4.78, 5) is 8.26. The molecule has 5 heteroatoms. The fourth-order valence-corrected chi connectivity index (χ4v) is 1.84. The molecule has 20 heavy (non-hydrogen) atoms. The number of nitriles is 1. The first-order valence-corrected chi connectivity index (χ1v) is 6.46. The molecule has 1 atom stereocenters. The minimum absolute atomic E-state index is 0.00908. The maximum absolute atomic E-state index is 9.24. The highest BCUT2D eigenvalue weighted by Gasteiger charge is 2.10. The molecule has 0 saturated heterocycles. The van der Waals surface area contributed by atoms with Gasteiger partial charge >= 0.3 is 0 Å². The molecule has 0 aliphatic heterocycles. The lowest BCUT2D eigenvalue weighted by atomic mass is 10.1. The van der Waals surface area contributed by atoms with Gasteiger partial charge in [0.25, 0.3) is 0 Å². The fraction of sp³-hybridized carbons (Fsp3) is 0.267. The van der Waals surface area contributed by atoms with E-state index in [9.17, 15) is 10.4 Å². The summed E-state index contributed by atoms with van der Waals surface area (Å²) >= 11 is 0. The Bertz CT molecular complexity index is 603. The lowest BCUT2D eigenvalue weighted by Crippen LogP contribution is -2.23. The number of hydrogen-bond donors (Lipinski definition) is 2. The summed E-state index contributed by atoms with van der Waals surface area (Å²) in [5, 5.41) is 21.5. The summed E-state index contributed by atoms with van der Waals surface area (Å²) in [5.41, 5.74) is 2.29. The molecule has 0 bridgehead atoms. The molecule has 102 valence electrons. The van der Waals surface area contributed by atoms with Gasteiger partial charge in [-0.05, 0) is 30.2 Å². The first kappa shape index (κ1) is 14.0. The van der Waals surface area contributed by atoms with Crippen LogP contribution in [-0.4, -0.2) is 27.7 Å². The van der Waals surface area contributed by atoms with Gasteiger partial charge in [0.15, 0.2) is 0 Å². The molecule has 0 aromatic carbocycles. The molecular formula is C15H16N4O. The molecule has 0 radical (unpaired) electrons. The number of rotatable bonds is 5. The Balaban J connectivity index is 2.32. The van der Waals surface area contributed by atoms with Crippen LogP contribution in [0.5, 0.6) is 0 Å². The van der Waals surface area contributed by atoms with Gasteiger partial charge < -0.3 is 10.4 Å². The van der Waals surface area contributed by atoms with Gasteiger partial charge in [-0.25, -0.2) is 4.98 Å². The lowest BCUT2D eigenvalue weighted by Gasteiger charge is -2.16. The van der Waals surface area contributed by atoms with Crippen LogP contribution in [-0.2, 0) is 0 Å². The molecule has 2 rings (SSSR count). The number of nitrogens with one attached hydrogen (secondary N) is 1. The van der Waals surface area contributed by atoms with Crippen molar-refractivity contribution in [3.8, 4) is 17.2 Å². The summed E-state index contributed by atoms with van der Waals surface area (Å²) in [6.07, 6.45) is 5.87. The zero-order chi connectivity index (χ0) is 14.4. The van der Waals surface area contributed by atoms with Crippen LogP contribution in [0.15, 0.2) is 36.8 Å². The number of anilines is 1. The van der Waals surface area contributed by atoms with Crippen molar-refractivity contribution >= 4 is 5.82 Å². The highest BCUT2D eigenvalue weighted by molar-refractivity contribution is 5.67. The average Bonchev–Trinajstić information content (AvgIpc) is 2.53. The van der Waals surface area contributed by atoms with E-state index in [4.69, 9.17) is 0 Å². The zero-order valence-electron chi connectivity index (χ0n) is 11.2. The molecular weight excluding hydrogens is 252 g/mol. The van der Waals surface area contributed by atoms with Crippen LogP contribution in [0.25, 0.3) is 11.1 Å². The Morgan fingerprint density at radius 3 is 2.70 bits per heavy atom. The molecule has 2 aromatic rings. The van der Waals surface area contributed by atoms with Gasteiger partial charge in [0, 0.05) is 24.2 Å². The number of aliphatic hydroxyl groups is 1. The minimum Gasteiger partial charge on any atom is -0.394 e. The summed E-state index contributed by atoms with van der Waals surface area (Å²) in [5.74, 6) is 0.506. The van der Waals surface area contributed by atoms with Crippen LogP contribution >= 0.6 is 0 Å². The van der Waals surface area contributed by atoms with E-state index in [-0.39, 0.29) is 12.6 Å². The fourth-order valence-electron chi connectivity index (χ4n) is 1.84. The zero-order valence-corrected chi connectivity index (χ0v) is 11.2. The summed E-state index contributed by atoms with van der Waals surface area (Å²) < 4.78 is 0. The van der Waals surface area contributed by atoms with E-state index in [1.54, 1.807) is 24.7 Å². The molecule has 2 N–H and O–H groups in total. The molecule has 0 aliphatic rings. The Kier molecular flexibility index (Phi) is 4.64. The largest absolute Gasteiger partial charge is 0.394 e. The van der Waals surface area contributed by atoms with Gasteiger partial charge in [0.1, 0.15) is 11.9 Å². The van der Waals surface area contributed by atoms with Crippen molar-refractivity contribution in [3.05, 3.63) is 42.4 Å². The van der Waals surface area contributed by atoms with Gasteiger partial charge in [-0.3, -0.25) is 4.98 Å². The van der Waals surface area contributed by atoms with Crippen molar-refractivity contribution in [1.29, 1.82) is 5.26 Å². The molecule has 2 heterocycles. The van der Waals surface area contributed by atoms with E-state index >= 15 is 0 Å². The van der Waals surface area contributed by atoms with Crippen LogP contribution < -0.4 is 5.32 Å². The second-order valence-electron chi connectivity index (χ2n) is 4.40. The first-order valence-electron chi connectivity index (χ1n) is 6.46. The van der Waals surface area contributed by atoms with Crippen LogP contribution in [0.3, 0.4) is 0 Å². The van der Waals surface area contributed by atoms with E-state index in [1.165, 1.54) is 0 Å². The predicted octanol–water partition coefficient (Wildman–Crippen LogP) is 2.20. The lowest BCUT2D eigenvalue weighted by molar-refractivity contribution is 0.271. The molecule has 0 saturated carbocycles. The van der Waals surface area contributed by atoms with Gasteiger partial charge in [-0.15, -0.1) is 0 Å². The highest BCUT2D eigenvalue weighted by Crippen LogP contribution is 2.22. The second-order valence-corrected chi connectivity index (χ2v) is 4.40. The standard InChI is InChI=1S/C15H16N4O/c1-2-14(10-20)19-15-12(8-16)7-13(9-18-15)11-3-5-17-6-4-11/h3-7,9,14,20H,2,10H2,1H3,(H,18,19). The van der Waals surface area contributed by atoms with Crippen molar-refractivity contribution in [2.75, 3.05) is 11.9 Å². The maximum Gasteiger partial charge on any atom is 0.144 e. The smallest absolute Gasteiger partial charge is 0.144 e. The Morgan fingerprint density at radius 1 is 1.35 bits per heavy atom. The SMILES string of the molecule is CCC(CO)Nc1ncc(-c2ccncc2)cc1C#N. The molecule has 1 unspecified atom stereocenters. The van der Waals surface area contributed by atoms with Crippen molar-refractivity contribution in [1.82, 2.24) is 9.97 Å². The van der Waals surface area contributed by atoms with E-state index in [0.717, 1.165) is 17.5 Å². The average molecular weight is 268 g/mol. The van der Waals surface area contributed by atoms with Crippen LogP contribution in [0.4, 0.5) is 5.82 Å².